The summed E-state index contributed by atoms with van der Waals surface area (Å²) in [7, 11) is 0. The lowest BCUT2D eigenvalue weighted by molar-refractivity contribution is -0.153. The van der Waals surface area contributed by atoms with Gasteiger partial charge in [-0.25, -0.2) is 0 Å². The van der Waals surface area contributed by atoms with E-state index >= 15 is 0 Å². The number of hydrogen-bond donors (Lipinski definition) is 2. The zero-order chi connectivity index (χ0) is 14.6. The van der Waals surface area contributed by atoms with Crippen LogP contribution in [-0.4, -0.2) is 23.0 Å². The lowest BCUT2D eigenvalue weighted by Crippen LogP contribution is -2.19. The van der Waals surface area contributed by atoms with Crippen LogP contribution in [0.1, 0.15) is 18.7 Å². The average molecular weight is 285 g/mol. The molecule has 1 atom stereocenters. The Morgan fingerprint density at radius 2 is 1.95 bits per heavy atom. The number of hydrogen-bond acceptors (Lipinski definition) is 3. The molecule has 1 heterocycles. The van der Waals surface area contributed by atoms with Crippen molar-refractivity contribution in [2.75, 3.05) is 11.9 Å². The van der Waals surface area contributed by atoms with Crippen molar-refractivity contribution in [3.05, 3.63) is 42.2 Å². The van der Waals surface area contributed by atoms with Gasteiger partial charge in [-0.15, -0.1) is 0 Å². The molecular weight excluding hydrogens is 271 g/mol. The smallest absolute Gasteiger partial charge is 0.422 e. The van der Waals surface area contributed by atoms with Crippen LogP contribution in [0.3, 0.4) is 0 Å². The van der Waals surface area contributed by atoms with E-state index in [1.54, 1.807) is 18.3 Å². The lowest BCUT2D eigenvalue weighted by Gasteiger charge is -2.14. The molecule has 2 N–H and O–H groups in total. The third-order valence-electron chi connectivity index (χ3n) is 2.63. The first-order valence-corrected chi connectivity index (χ1v) is 5.99. The van der Waals surface area contributed by atoms with Crippen LogP contribution in [0.2, 0.25) is 0 Å². The third-order valence-corrected chi connectivity index (χ3v) is 2.63. The zero-order valence-corrected chi connectivity index (χ0v) is 10.7. The van der Waals surface area contributed by atoms with Crippen LogP contribution in [-0.2, 0) is 0 Å². The Balaban J connectivity index is 1.91. The van der Waals surface area contributed by atoms with Crippen molar-refractivity contribution in [1.82, 2.24) is 10.2 Å². The van der Waals surface area contributed by atoms with Crippen LogP contribution < -0.4 is 10.1 Å². The van der Waals surface area contributed by atoms with Gasteiger partial charge in [-0.05, 0) is 37.3 Å². The number of H-pyrrole nitrogens is 1. The van der Waals surface area contributed by atoms with Crippen molar-refractivity contribution in [3.63, 3.8) is 0 Å². The maximum Gasteiger partial charge on any atom is 0.422 e. The number of aromatic nitrogens is 2. The summed E-state index contributed by atoms with van der Waals surface area (Å²) in [6.45, 7) is 0.659. The topological polar surface area (TPSA) is 49.9 Å². The molecule has 0 fully saturated rings. The number of nitrogens with zero attached hydrogens (tertiary/aromatic N) is 1. The van der Waals surface area contributed by atoms with Crippen LogP contribution in [0.25, 0.3) is 0 Å². The monoisotopic (exact) mass is 285 g/mol. The fourth-order valence-electron chi connectivity index (χ4n) is 1.65. The van der Waals surface area contributed by atoms with Crippen molar-refractivity contribution in [2.45, 2.75) is 19.1 Å². The third kappa shape index (κ3) is 4.18. The maximum absolute atomic E-state index is 12.0. The number of halogens is 3. The van der Waals surface area contributed by atoms with E-state index < -0.39 is 12.8 Å². The Hall–Kier alpha value is -2.18. The van der Waals surface area contributed by atoms with Gasteiger partial charge in [0.25, 0.3) is 0 Å². The van der Waals surface area contributed by atoms with Gasteiger partial charge in [-0.1, -0.05) is 0 Å². The summed E-state index contributed by atoms with van der Waals surface area (Å²) in [5.74, 6) is 0.182. The number of anilines is 1. The molecule has 0 aliphatic rings. The van der Waals surface area contributed by atoms with Gasteiger partial charge in [0, 0.05) is 11.9 Å². The Kier molecular flexibility index (Phi) is 4.16. The molecule has 2 aromatic rings. The molecule has 1 aromatic carbocycles. The van der Waals surface area contributed by atoms with Crippen molar-refractivity contribution >= 4 is 5.69 Å². The van der Waals surface area contributed by atoms with Crippen LogP contribution >= 0.6 is 0 Å². The zero-order valence-electron chi connectivity index (χ0n) is 10.7. The summed E-state index contributed by atoms with van der Waals surface area (Å²) in [5, 5.41) is 9.89. The Morgan fingerprint density at radius 1 is 1.25 bits per heavy atom. The summed E-state index contributed by atoms with van der Waals surface area (Å²) >= 11 is 0. The van der Waals surface area contributed by atoms with Crippen LogP contribution in [0.5, 0.6) is 5.75 Å². The fraction of sp³-hybridized carbons (Fsp3) is 0.308. The minimum Gasteiger partial charge on any atom is -0.484 e. The molecule has 4 nitrogen and oxygen atoms in total. The maximum atomic E-state index is 12.0. The normalized spacial score (nSPS) is 13.0. The molecule has 0 spiro atoms. The predicted molar refractivity (Wildman–Crippen MR) is 68.6 cm³/mol. The lowest BCUT2D eigenvalue weighted by atomic mass is 10.2. The summed E-state index contributed by atoms with van der Waals surface area (Å²) in [4.78, 5) is 0. The molecule has 108 valence electrons. The summed E-state index contributed by atoms with van der Waals surface area (Å²) < 4.78 is 40.6. The van der Waals surface area contributed by atoms with Gasteiger partial charge in [0.15, 0.2) is 6.61 Å². The molecular formula is C13H14F3N3O. The standard InChI is InChI=1S/C13H14F3N3O/c1-9(12-6-7-17-19-12)18-10-2-4-11(5-3-10)20-8-13(14,15)16/h2-7,9,18H,8H2,1H3,(H,17,19). The van der Waals surface area contributed by atoms with Gasteiger partial charge in [-0.2, -0.15) is 18.3 Å². The molecule has 1 aromatic heterocycles. The van der Waals surface area contributed by atoms with E-state index in [1.807, 2.05) is 13.0 Å². The summed E-state index contributed by atoms with van der Waals surface area (Å²) in [6, 6.07) is 8.18. The minimum absolute atomic E-state index is 0.0134. The van der Waals surface area contributed by atoms with Crippen LogP contribution in [0.4, 0.5) is 18.9 Å². The first-order chi connectivity index (χ1) is 9.44. The van der Waals surface area contributed by atoms with Gasteiger partial charge < -0.3 is 10.1 Å². The highest BCUT2D eigenvalue weighted by Crippen LogP contribution is 2.22. The second kappa shape index (κ2) is 5.85. The van der Waals surface area contributed by atoms with Gasteiger partial charge in [0.2, 0.25) is 0 Å². The van der Waals surface area contributed by atoms with Crippen molar-refractivity contribution < 1.29 is 17.9 Å². The van der Waals surface area contributed by atoms with E-state index in [2.05, 4.69) is 20.3 Å². The molecule has 20 heavy (non-hydrogen) atoms. The molecule has 1 unspecified atom stereocenters. The summed E-state index contributed by atoms with van der Waals surface area (Å²) in [5.41, 5.74) is 1.70. The van der Waals surface area contributed by atoms with Gasteiger partial charge >= 0.3 is 6.18 Å². The first-order valence-electron chi connectivity index (χ1n) is 5.99. The second-order valence-electron chi connectivity index (χ2n) is 4.31. The van der Waals surface area contributed by atoms with E-state index in [0.717, 1.165) is 11.4 Å². The van der Waals surface area contributed by atoms with Crippen molar-refractivity contribution in [1.29, 1.82) is 0 Å². The fourth-order valence-corrected chi connectivity index (χ4v) is 1.65. The van der Waals surface area contributed by atoms with Crippen LogP contribution in [0, 0.1) is 0 Å². The Morgan fingerprint density at radius 3 is 2.50 bits per heavy atom. The highest BCUT2D eigenvalue weighted by atomic mass is 19.4. The van der Waals surface area contributed by atoms with Gasteiger partial charge in [-0.3, -0.25) is 5.10 Å². The van der Waals surface area contributed by atoms with Gasteiger partial charge in [0.1, 0.15) is 5.75 Å². The van der Waals surface area contributed by atoms with E-state index in [4.69, 9.17) is 0 Å². The Labute approximate surface area is 114 Å². The number of nitrogens with one attached hydrogen (secondary N) is 2. The number of aromatic amines is 1. The first kappa shape index (κ1) is 14.2. The molecule has 2 rings (SSSR count). The highest BCUT2D eigenvalue weighted by molar-refractivity contribution is 5.47. The predicted octanol–water partition coefficient (Wildman–Crippen LogP) is 3.52. The number of alkyl halides is 3. The largest absolute Gasteiger partial charge is 0.484 e. The summed E-state index contributed by atoms with van der Waals surface area (Å²) in [6.07, 6.45) is -2.67. The van der Waals surface area contributed by atoms with E-state index in [0.29, 0.717) is 0 Å². The molecule has 7 heteroatoms. The second-order valence-corrected chi connectivity index (χ2v) is 4.31. The minimum atomic E-state index is -4.33. The number of ether oxygens (including phenoxy) is 1. The van der Waals surface area contributed by atoms with E-state index in [1.165, 1.54) is 12.1 Å². The molecule has 0 aliphatic heterocycles. The highest BCUT2D eigenvalue weighted by Gasteiger charge is 2.28. The molecule has 0 bridgehead atoms. The van der Waals surface area contributed by atoms with Crippen LogP contribution in [0.15, 0.2) is 36.5 Å². The quantitative estimate of drug-likeness (QED) is 0.883. The number of benzene rings is 1. The molecule has 0 saturated heterocycles. The molecule has 0 aliphatic carbocycles. The molecule has 0 radical (unpaired) electrons. The van der Waals surface area contributed by atoms with E-state index in [9.17, 15) is 13.2 Å². The van der Waals surface area contributed by atoms with Crippen molar-refractivity contribution in [2.24, 2.45) is 0 Å². The molecule has 0 saturated carbocycles. The number of rotatable bonds is 5. The SMILES string of the molecule is CC(Nc1ccc(OCC(F)(F)F)cc1)c1ccn[nH]1. The molecule has 0 amide bonds. The van der Waals surface area contributed by atoms with Gasteiger partial charge in [0.05, 0.1) is 11.7 Å². The van der Waals surface area contributed by atoms with Crippen molar-refractivity contribution in [3.8, 4) is 5.75 Å². The van der Waals surface area contributed by atoms with E-state index in [-0.39, 0.29) is 11.8 Å². The average Bonchev–Trinajstić information content (AvgIpc) is 2.91. The Bertz CT molecular complexity index is 523.